The Morgan fingerprint density at radius 2 is 1.81 bits per heavy atom. The number of hydrogen-bond acceptors (Lipinski definition) is 2. The number of rotatable bonds is 0. The third-order valence-corrected chi connectivity index (χ3v) is 8.88. The summed E-state index contributed by atoms with van der Waals surface area (Å²) in [5, 5.41) is 0. The monoisotopic (exact) mass is 286 g/mol. The van der Waals surface area contributed by atoms with Crippen LogP contribution in [-0.2, 0) is 9.59 Å². The molecule has 0 bridgehead atoms. The molecule has 0 aromatic carbocycles. The summed E-state index contributed by atoms with van der Waals surface area (Å²) in [6.07, 6.45) is 11.0. The molecule has 0 aliphatic heterocycles. The molecule has 5 aliphatic rings. The van der Waals surface area contributed by atoms with Crippen molar-refractivity contribution in [2.24, 2.45) is 34.0 Å². The van der Waals surface area contributed by atoms with Crippen LogP contribution in [0.5, 0.6) is 0 Å². The molecular weight excluding hydrogens is 260 g/mol. The summed E-state index contributed by atoms with van der Waals surface area (Å²) in [6.45, 7) is 2.49. The van der Waals surface area contributed by atoms with Gasteiger partial charge in [-0.05, 0) is 73.5 Å². The Morgan fingerprint density at radius 1 is 0.952 bits per heavy atom. The van der Waals surface area contributed by atoms with Gasteiger partial charge in [-0.25, -0.2) is 0 Å². The molecule has 21 heavy (non-hydrogen) atoms. The maximum Gasteiger partial charge on any atom is 0.139 e. The first kappa shape index (κ1) is 12.8. The van der Waals surface area contributed by atoms with Gasteiger partial charge >= 0.3 is 0 Å². The van der Waals surface area contributed by atoms with E-state index in [1.54, 1.807) is 0 Å². The summed E-state index contributed by atoms with van der Waals surface area (Å²) >= 11 is 0. The molecule has 2 nitrogen and oxygen atoms in total. The van der Waals surface area contributed by atoms with Crippen LogP contribution < -0.4 is 0 Å². The Morgan fingerprint density at radius 3 is 2.67 bits per heavy atom. The second-order valence-corrected chi connectivity index (χ2v) is 9.11. The molecule has 0 heterocycles. The number of hydrogen-bond donors (Lipinski definition) is 0. The largest absolute Gasteiger partial charge is 0.300 e. The number of Topliss-reactive ketones (excluding diaryl/α,β-unsaturated/α-hetero) is 2. The smallest absolute Gasteiger partial charge is 0.139 e. The van der Waals surface area contributed by atoms with Gasteiger partial charge in [0.05, 0.1) is 0 Å². The second kappa shape index (κ2) is 3.63. The molecule has 114 valence electrons. The van der Waals surface area contributed by atoms with Crippen molar-refractivity contribution in [1.82, 2.24) is 0 Å². The molecular formula is C19H26O2. The lowest BCUT2D eigenvalue weighted by Gasteiger charge is -2.57. The van der Waals surface area contributed by atoms with Gasteiger partial charge in [0.15, 0.2) is 0 Å². The second-order valence-electron chi connectivity index (χ2n) is 9.11. The van der Waals surface area contributed by atoms with Crippen molar-refractivity contribution in [2.75, 3.05) is 0 Å². The summed E-state index contributed by atoms with van der Waals surface area (Å²) in [4.78, 5) is 24.3. The first-order valence-electron chi connectivity index (χ1n) is 9.07. The van der Waals surface area contributed by atoms with Crippen molar-refractivity contribution >= 4 is 11.6 Å². The fraction of sp³-hybridized carbons (Fsp3) is 0.895. The Bertz CT molecular complexity index is 552. The zero-order chi connectivity index (χ0) is 14.5. The van der Waals surface area contributed by atoms with E-state index in [2.05, 4.69) is 6.92 Å². The van der Waals surface area contributed by atoms with E-state index in [-0.39, 0.29) is 5.41 Å². The van der Waals surface area contributed by atoms with Gasteiger partial charge in [-0.3, -0.25) is 9.59 Å². The summed E-state index contributed by atoms with van der Waals surface area (Å²) in [6, 6.07) is 0. The highest BCUT2D eigenvalue weighted by molar-refractivity contribution is 5.92. The van der Waals surface area contributed by atoms with Crippen molar-refractivity contribution in [2.45, 2.75) is 71.1 Å². The summed E-state index contributed by atoms with van der Waals surface area (Å²) in [5.74, 6) is 3.34. The molecule has 0 N–H and O–H groups in total. The van der Waals surface area contributed by atoms with Crippen LogP contribution in [0.2, 0.25) is 0 Å². The van der Waals surface area contributed by atoms with Crippen LogP contribution in [0.1, 0.15) is 71.1 Å². The van der Waals surface area contributed by atoms with E-state index in [0.29, 0.717) is 28.3 Å². The van der Waals surface area contributed by atoms with Crippen LogP contribution in [-0.4, -0.2) is 11.6 Å². The van der Waals surface area contributed by atoms with Gasteiger partial charge in [-0.15, -0.1) is 0 Å². The molecule has 6 atom stereocenters. The lowest BCUT2D eigenvalue weighted by molar-refractivity contribution is -0.136. The quantitative estimate of drug-likeness (QED) is 0.676. The van der Waals surface area contributed by atoms with Crippen molar-refractivity contribution in [3.8, 4) is 0 Å². The van der Waals surface area contributed by atoms with E-state index in [4.69, 9.17) is 0 Å². The normalized spacial score (nSPS) is 58.0. The first-order chi connectivity index (χ1) is 10.0. The van der Waals surface area contributed by atoms with Crippen LogP contribution >= 0.6 is 0 Å². The Hall–Kier alpha value is -0.660. The van der Waals surface area contributed by atoms with Crippen molar-refractivity contribution in [3.05, 3.63) is 0 Å². The average Bonchev–Trinajstić information content (AvgIpc) is 3.08. The van der Waals surface area contributed by atoms with Gasteiger partial charge in [-0.2, -0.15) is 0 Å². The minimum atomic E-state index is 0.141. The van der Waals surface area contributed by atoms with E-state index in [1.165, 1.54) is 38.5 Å². The minimum absolute atomic E-state index is 0.141. The van der Waals surface area contributed by atoms with Crippen molar-refractivity contribution < 1.29 is 9.59 Å². The molecule has 0 aromatic rings. The van der Waals surface area contributed by atoms with E-state index in [1.807, 2.05) is 0 Å². The Labute approximate surface area is 127 Å². The summed E-state index contributed by atoms with van der Waals surface area (Å²) < 4.78 is 0. The van der Waals surface area contributed by atoms with Crippen molar-refractivity contribution in [3.63, 3.8) is 0 Å². The van der Waals surface area contributed by atoms with Crippen LogP contribution in [0, 0.1) is 34.0 Å². The average molecular weight is 286 g/mol. The SMILES string of the molecule is C[C@]12CCC(=O)C[C@@H]1CC[C@@H]1[C@@H]2CC[C@@]23C[C@]12CCC3=O. The molecule has 5 fully saturated rings. The third-order valence-electron chi connectivity index (χ3n) is 8.88. The van der Waals surface area contributed by atoms with Gasteiger partial charge in [-0.1, -0.05) is 6.92 Å². The molecule has 5 saturated carbocycles. The van der Waals surface area contributed by atoms with Crippen LogP contribution in [0.4, 0.5) is 0 Å². The summed E-state index contributed by atoms with van der Waals surface area (Å²) in [5.41, 5.74) is 0.955. The predicted molar refractivity (Wildman–Crippen MR) is 79.6 cm³/mol. The van der Waals surface area contributed by atoms with Gasteiger partial charge in [0.25, 0.3) is 0 Å². The van der Waals surface area contributed by atoms with Gasteiger partial charge in [0, 0.05) is 24.7 Å². The van der Waals surface area contributed by atoms with E-state index >= 15 is 0 Å². The van der Waals surface area contributed by atoms with E-state index in [0.717, 1.165) is 37.5 Å². The van der Waals surface area contributed by atoms with Gasteiger partial charge < -0.3 is 0 Å². The van der Waals surface area contributed by atoms with Crippen molar-refractivity contribution in [1.29, 1.82) is 0 Å². The molecule has 0 amide bonds. The molecule has 5 aliphatic carbocycles. The highest BCUT2D eigenvalue weighted by Gasteiger charge is 2.79. The molecule has 0 radical (unpaired) electrons. The Balaban J connectivity index is 1.52. The fourth-order valence-electron chi connectivity index (χ4n) is 7.70. The Kier molecular flexibility index (Phi) is 2.22. The first-order valence-corrected chi connectivity index (χ1v) is 9.07. The predicted octanol–water partition coefficient (Wildman–Crippen LogP) is 3.92. The maximum atomic E-state index is 12.4. The third kappa shape index (κ3) is 1.28. The zero-order valence-corrected chi connectivity index (χ0v) is 13.1. The minimum Gasteiger partial charge on any atom is -0.300 e. The number of ketones is 2. The molecule has 0 aromatic heterocycles. The molecule has 0 saturated heterocycles. The maximum absolute atomic E-state index is 12.4. The molecule has 2 heteroatoms. The standard InChI is InChI=1S/C19H26O2/c1-17-7-4-13(20)10-12(17)2-3-15-14(17)5-8-19-11-18(15,19)9-6-16(19)21/h12,14-15H,2-11H2,1H3/t12-,14-,15+,17-,18+,19-/m0/s1. The molecule has 5 rings (SSSR count). The highest BCUT2D eigenvalue weighted by Crippen LogP contribution is 2.83. The van der Waals surface area contributed by atoms with Gasteiger partial charge in [0.1, 0.15) is 11.6 Å². The van der Waals surface area contributed by atoms with Crippen LogP contribution in [0.3, 0.4) is 0 Å². The number of carbonyl (C=O) groups is 2. The van der Waals surface area contributed by atoms with Crippen LogP contribution in [0.25, 0.3) is 0 Å². The zero-order valence-electron chi connectivity index (χ0n) is 13.1. The van der Waals surface area contributed by atoms with Gasteiger partial charge in [0.2, 0.25) is 0 Å². The van der Waals surface area contributed by atoms with E-state index < -0.39 is 0 Å². The summed E-state index contributed by atoms with van der Waals surface area (Å²) in [7, 11) is 0. The highest BCUT2D eigenvalue weighted by atomic mass is 16.1. The van der Waals surface area contributed by atoms with E-state index in [9.17, 15) is 9.59 Å². The molecule has 0 spiro atoms. The lowest BCUT2D eigenvalue weighted by Crippen LogP contribution is -2.51. The lowest BCUT2D eigenvalue weighted by atomic mass is 9.47. The fourth-order valence-corrected chi connectivity index (χ4v) is 7.70. The topological polar surface area (TPSA) is 34.1 Å². The molecule has 0 unspecified atom stereocenters. The number of fused-ring (bicyclic) bond motifs is 3. The van der Waals surface area contributed by atoms with Crippen LogP contribution in [0.15, 0.2) is 0 Å². The number of carbonyl (C=O) groups excluding carboxylic acids is 2.